The molecule has 3 nitrogen and oxygen atoms in total. The number of hydrogen-bond donors (Lipinski definition) is 0. The molecule has 0 radical (unpaired) electrons. The van der Waals surface area contributed by atoms with Gasteiger partial charge in [-0.15, -0.1) is 0 Å². The van der Waals surface area contributed by atoms with Gasteiger partial charge in [0.25, 0.3) is 0 Å². The predicted octanol–water partition coefficient (Wildman–Crippen LogP) is 4.91. The van der Waals surface area contributed by atoms with E-state index in [4.69, 9.17) is 4.74 Å². The molecule has 0 spiro atoms. The van der Waals surface area contributed by atoms with Crippen molar-refractivity contribution in [3.8, 4) is 11.6 Å². The molecule has 22 heavy (non-hydrogen) atoms. The van der Waals surface area contributed by atoms with Crippen LogP contribution in [-0.2, 0) is 0 Å². The second-order valence-corrected chi connectivity index (χ2v) is 5.37. The number of aromatic nitrogens is 2. The Hall–Kier alpha value is -2.15. The minimum absolute atomic E-state index is 0.0878. The van der Waals surface area contributed by atoms with Crippen molar-refractivity contribution in [1.29, 1.82) is 0 Å². The van der Waals surface area contributed by atoms with Gasteiger partial charge in [-0.1, -0.05) is 0 Å². The molecule has 0 amide bonds. The van der Waals surface area contributed by atoms with Crippen molar-refractivity contribution in [2.45, 2.75) is 6.92 Å². The lowest BCUT2D eigenvalue weighted by atomic mass is 10.2. The van der Waals surface area contributed by atoms with Crippen molar-refractivity contribution in [1.82, 2.24) is 9.97 Å². The summed E-state index contributed by atoms with van der Waals surface area (Å²) in [6.45, 7) is 1.54. The topological polar surface area (TPSA) is 35.0 Å². The lowest BCUT2D eigenvalue weighted by molar-refractivity contribution is 0.450. The summed E-state index contributed by atoms with van der Waals surface area (Å²) >= 11 is 3.23. The van der Waals surface area contributed by atoms with Crippen LogP contribution in [0.3, 0.4) is 0 Å². The third-order valence-electron chi connectivity index (χ3n) is 2.96. The molecule has 0 aliphatic heterocycles. The first kappa shape index (κ1) is 14.8. The zero-order chi connectivity index (χ0) is 15.9. The maximum absolute atomic E-state index is 13.7. The third kappa shape index (κ3) is 2.64. The van der Waals surface area contributed by atoms with Crippen LogP contribution in [0.15, 0.2) is 34.8 Å². The van der Waals surface area contributed by atoms with Gasteiger partial charge in [0.1, 0.15) is 22.8 Å². The van der Waals surface area contributed by atoms with Gasteiger partial charge in [0.2, 0.25) is 5.88 Å². The molecule has 2 aromatic carbocycles. The Kier molecular flexibility index (Phi) is 3.74. The molecule has 0 saturated carbocycles. The summed E-state index contributed by atoms with van der Waals surface area (Å²) in [7, 11) is 0. The standard InChI is InChI=1S/C15H8BrF3N2O/c1-7-15(22-12-6-8(17)2-3-9(12)16)21-11-5-4-10(18)13(19)14(11)20-7/h2-6H,1H3. The predicted molar refractivity (Wildman–Crippen MR) is 78.4 cm³/mol. The van der Waals surface area contributed by atoms with Gasteiger partial charge in [-0.2, -0.15) is 0 Å². The van der Waals surface area contributed by atoms with Crippen LogP contribution in [-0.4, -0.2) is 9.97 Å². The fraction of sp³-hybridized carbons (Fsp3) is 0.0667. The highest BCUT2D eigenvalue weighted by Gasteiger charge is 2.15. The molecule has 7 heteroatoms. The van der Waals surface area contributed by atoms with E-state index in [2.05, 4.69) is 25.9 Å². The summed E-state index contributed by atoms with van der Waals surface area (Å²) < 4.78 is 46.2. The Morgan fingerprint density at radius 1 is 1.05 bits per heavy atom. The average Bonchev–Trinajstić information content (AvgIpc) is 2.48. The van der Waals surface area contributed by atoms with Crippen molar-refractivity contribution in [2.24, 2.45) is 0 Å². The van der Waals surface area contributed by atoms with Crippen LogP contribution in [0.2, 0.25) is 0 Å². The van der Waals surface area contributed by atoms with E-state index in [0.29, 0.717) is 4.47 Å². The normalized spacial score (nSPS) is 11.0. The maximum Gasteiger partial charge on any atom is 0.241 e. The van der Waals surface area contributed by atoms with Crippen LogP contribution in [0.4, 0.5) is 13.2 Å². The van der Waals surface area contributed by atoms with E-state index in [9.17, 15) is 13.2 Å². The lowest BCUT2D eigenvalue weighted by Crippen LogP contribution is -1.99. The molecule has 1 heterocycles. The molecule has 0 bridgehead atoms. The fourth-order valence-corrected chi connectivity index (χ4v) is 2.22. The smallest absolute Gasteiger partial charge is 0.241 e. The average molecular weight is 369 g/mol. The Morgan fingerprint density at radius 3 is 2.59 bits per heavy atom. The molecule has 0 aliphatic carbocycles. The monoisotopic (exact) mass is 368 g/mol. The molecule has 0 fully saturated rings. The molecular weight excluding hydrogens is 361 g/mol. The van der Waals surface area contributed by atoms with Gasteiger partial charge in [0.15, 0.2) is 11.6 Å². The highest BCUT2D eigenvalue weighted by atomic mass is 79.9. The summed E-state index contributed by atoms with van der Waals surface area (Å²) in [6.07, 6.45) is 0. The highest BCUT2D eigenvalue weighted by Crippen LogP contribution is 2.31. The van der Waals surface area contributed by atoms with Crippen LogP contribution in [0.1, 0.15) is 5.69 Å². The van der Waals surface area contributed by atoms with E-state index in [-0.39, 0.29) is 28.4 Å². The van der Waals surface area contributed by atoms with E-state index in [1.54, 1.807) is 6.92 Å². The molecule has 0 saturated heterocycles. The first-order valence-electron chi connectivity index (χ1n) is 6.21. The molecule has 0 aliphatic rings. The van der Waals surface area contributed by atoms with Crippen molar-refractivity contribution < 1.29 is 17.9 Å². The molecule has 3 rings (SSSR count). The Morgan fingerprint density at radius 2 is 1.82 bits per heavy atom. The number of aryl methyl sites for hydroxylation is 1. The minimum Gasteiger partial charge on any atom is -0.436 e. The van der Waals surface area contributed by atoms with Crippen molar-refractivity contribution in [2.75, 3.05) is 0 Å². The molecule has 3 aromatic rings. The van der Waals surface area contributed by atoms with Crippen molar-refractivity contribution in [3.63, 3.8) is 0 Å². The summed E-state index contributed by atoms with van der Waals surface area (Å²) in [5, 5.41) is 0. The van der Waals surface area contributed by atoms with Crippen LogP contribution >= 0.6 is 15.9 Å². The minimum atomic E-state index is -1.06. The molecule has 0 unspecified atom stereocenters. The molecule has 0 N–H and O–H groups in total. The Labute approximate surface area is 131 Å². The largest absolute Gasteiger partial charge is 0.436 e. The summed E-state index contributed by atoms with van der Waals surface area (Å²) in [6, 6.07) is 6.20. The highest BCUT2D eigenvalue weighted by molar-refractivity contribution is 9.10. The zero-order valence-corrected chi connectivity index (χ0v) is 12.8. The quantitative estimate of drug-likeness (QED) is 0.644. The van der Waals surface area contributed by atoms with Crippen LogP contribution in [0, 0.1) is 24.4 Å². The summed E-state index contributed by atoms with van der Waals surface area (Å²) in [5.41, 5.74) is 0.225. The lowest BCUT2D eigenvalue weighted by Gasteiger charge is -2.10. The van der Waals surface area contributed by atoms with Gasteiger partial charge >= 0.3 is 0 Å². The van der Waals surface area contributed by atoms with Crippen LogP contribution in [0.5, 0.6) is 11.6 Å². The van der Waals surface area contributed by atoms with E-state index in [1.807, 2.05) is 0 Å². The van der Waals surface area contributed by atoms with Gasteiger partial charge in [-0.05, 0) is 47.1 Å². The second kappa shape index (κ2) is 5.57. The summed E-state index contributed by atoms with van der Waals surface area (Å²) in [5.74, 6) is -2.24. The number of halogens is 4. The molecule has 0 atom stereocenters. The number of benzene rings is 2. The van der Waals surface area contributed by atoms with Crippen LogP contribution in [0.25, 0.3) is 11.0 Å². The van der Waals surface area contributed by atoms with Crippen LogP contribution < -0.4 is 4.74 Å². The van der Waals surface area contributed by atoms with E-state index >= 15 is 0 Å². The Bertz CT molecular complexity index is 886. The first-order valence-corrected chi connectivity index (χ1v) is 7.00. The number of rotatable bonds is 2. The van der Waals surface area contributed by atoms with E-state index in [1.165, 1.54) is 24.3 Å². The van der Waals surface area contributed by atoms with Crippen molar-refractivity contribution >= 4 is 27.0 Å². The maximum atomic E-state index is 13.7. The Balaban J connectivity index is 2.10. The van der Waals surface area contributed by atoms with E-state index in [0.717, 1.165) is 6.07 Å². The molecule has 1 aromatic heterocycles. The number of fused-ring (bicyclic) bond motifs is 1. The van der Waals surface area contributed by atoms with Gasteiger partial charge in [0, 0.05) is 6.07 Å². The van der Waals surface area contributed by atoms with E-state index < -0.39 is 17.5 Å². The second-order valence-electron chi connectivity index (χ2n) is 4.52. The van der Waals surface area contributed by atoms with Gasteiger partial charge in [0.05, 0.1) is 9.99 Å². The van der Waals surface area contributed by atoms with Gasteiger partial charge in [-0.3, -0.25) is 0 Å². The summed E-state index contributed by atoms with van der Waals surface area (Å²) in [4.78, 5) is 8.08. The third-order valence-corrected chi connectivity index (χ3v) is 3.61. The SMILES string of the molecule is Cc1nc2c(F)c(F)ccc2nc1Oc1cc(F)ccc1Br. The molecule has 112 valence electrons. The fourth-order valence-electron chi connectivity index (χ4n) is 1.89. The number of ether oxygens (including phenoxy) is 1. The van der Waals surface area contributed by atoms with Gasteiger partial charge in [-0.25, -0.2) is 23.1 Å². The van der Waals surface area contributed by atoms with Gasteiger partial charge < -0.3 is 4.74 Å². The van der Waals surface area contributed by atoms with Crippen molar-refractivity contribution in [3.05, 3.63) is 58.0 Å². The zero-order valence-electron chi connectivity index (χ0n) is 11.2. The number of nitrogens with zero attached hydrogens (tertiary/aromatic N) is 2. The number of hydrogen-bond acceptors (Lipinski definition) is 3. The molecular formula is C15H8BrF3N2O. The first-order chi connectivity index (χ1) is 10.5.